The van der Waals surface area contributed by atoms with Crippen molar-refractivity contribution in [2.75, 3.05) is 7.11 Å². The van der Waals surface area contributed by atoms with Crippen LogP contribution in [0.1, 0.15) is 22.2 Å². The molecule has 3 aromatic rings. The van der Waals surface area contributed by atoms with E-state index in [0.29, 0.717) is 9.90 Å². The quantitative estimate of drug-likeness (QED) is 0.584. The predicted molar refractivity (Wildman–Crippen MR) is 116 cm³/mol. The number of fused-ring (bicyclic) bond motifs is 1. The maximum atomic E-state index is 12.6. The van der Waals surface area contributed by atoms with E-state index in [1.165, 1.54) is 16.9 Å². The first-order chi connectivity index (χ1) is 13.0. The maximum absolute atomic E-state index is 12.6. The molecule has 0 radical (unpaired) electrons. The fourth-order valence-electron chi connectivity index (χ4n) is 2.76. The van der Waals surface area contributed by atoms with E-state index < -0.39 is 0 Å². The van der Waals surface area contributed by atoms with E-state index in [1.54, 1.807) is 7.11 Å². The van der Waals surface area contributed by atoms with Crippen molar-refractivity contribution in [2.45, 2.75) is 19.4 Å². The minimum absolute atomic E-state index is 0.0855. The molecule has 0 saturated carbocycles. The summed E-state index contributed by atoms with van der Waals surface area (Å²) in [5, 5.41) is 7.40. The molecule has 1 unspecified atom stereocenters. The molecule has 0 fully saturated rings. The molecule has 27 heavy (non-hydrogen) atoms. The van der Waals surface area contributed by atoms with Crippen molar-refractivity contribution in [2.24, 2.45) is 0 Å². The van der Waals surface area contributed by atoms with Gasteiger partial charge in [-0.1, -0.05) is 41.9 Å². The molecule has 4 nitrogen and oxygen atoms in total. The fourth-order valence-corrected chi connectivity index (χ4v) is 4.49. The van der Waals surface area contributed by atoms with Crippen molar-refractivity contribution in [3.05, 3.63) is 64.0 Å². The second-order valence-electron chi connectivity index (χ2n) is 6.13. The SMILES string of the molecule is COc1ccc2c(Cl)c(C(=O)NC(=S)NC(C)Cc3ccccc3)sc2c1. The van der Waals surface area contributed by atoms with E-state index in [2.05, 4.69) is 22.8 Å². The highest BCUT2D eigenvalue weighted by Gasteiger charge is 2.19. The van der Waals surface area contributed by atoms with E-state index in [-0.39, 0.29) is 17.1 Å². The summed E-state index contributed by atoms with van der Waals surface area (Å²) >= 11 is 13.0. The Morgan fingerprint density at radius 2 is 2.00 bits per heavy atom. The number of carbonyl (C=O) groups excluding carboxylic acids is 1. The lowest BCUT2D eigenvalue weighted by molar-refractivity contribution is 0.0980. The number of hydrogen-bond donors (Lipinski definition) is 2. The number of benzene rings is 2. The second-order valence-corrected chi connectivity index (χ2v) is 7.96. The van der Waals surface area contributed by atoms with Crippen LogP contribution in [0.3, 0.4) is 0 Å². The van der Waals surface area contributed by atoms with E-state index in [4.69, 9.17) is 28.6 Å². The summed E-state index contributed by atoms with van der Waals surface area (Å²) in [4.78, 5) is 13.0. The van der Waals surface area contributed by atoms with Gasteiger partial charge < -0.3 is 10.1 Å². The lowest BCUT2D eigenvalue weighted by atomic mass is 10.1. The fraction of sp³-hybridized carbons (Fsp3) is 0.200. The molecule has 0 spiro atoms. The van der Waals surface area contributed by atoms with Gasteiger partial charge in [0.05, 0.1) is 12.1 Å². The van der Waals surface area contributed by atoms with Crippen LogP contribution in [0.5, 0.6) is 5.75 Å². The van der Waals surface area contributed by atoms with Crippen molar-refractivity contribution in [3.8, 4) is 5.75 Å². The number of carbonyl (C=O) groups is 1. The molecule has 1 heterocycles. The van der Waals surface area contributed by atoms with Gasteiger partial charge in [0.15, 0.2) is 5.11 Å². The smallest absolute Gasteiger partial charge is 0.269 e. The summed E-state index contributed by atoms with van der Waals surface area (Å²) in [6.45, 7) is 2.02. The van der Waals surface area contributed by atoms with Gasteiger partial charge in [-0.2, -0.15) is 0 Å². The number of ether oxygens (including phenoxy) is 1. The molecule has 7 heteroatoms. The van der Waals surface area contributed by atoms with E-state index in [1.807, 2.05) is 43.3 Å². The Bertz CT molecular complexity index is 973. The number of amides is 1. The third-order valence-corrected chi connectivity index (χ3v) is 5.91. The van der Waals surface area contributed by atoms with Crippen LogP contribution in [-0.4, -0.2) is 24.2 Å². The number of methoxy groups -OCH3 is 1. The third kappa shape index (κ3) is 4.77. The number of hydrogen-bond acceptors (Lipinski definition) is 4. The molecule has 1 amide bonds. The van der Waals surface area contributed by atoms with Crippen molar-refractivity contribution in [1.29, 1.82) is 0 Å². The van der Waals surface area contributed by atoms with Gasteiger partial charge in [0.2, 0.25) is 0 Å². The Labute approximate surface area is 172 Å². The van der Waals surface area contributed by atoms with Gasteiger partial charge in [-0.25, -0.2) is 0 Å². The third-order valence-electron chi connectivity index (χ3n) is 4.03. The molecule has 3 rings (SSSR count). The van der Waals surface area contributed by atoms with Gasteiger partial charge in [-0.05, 0) is 49.3 Å². The molecule has 2 aromatic carbocycles. The van der Waals surface area contributed by atoms with Gasteiger partial charge in [0, 0.05) is 16.1 Å². The van der Waals surface area contributed by atoms with Crippen LogP contribution >= 0.6 is 35.2 Å². The van der Waals surface area contributed by atoms with Crippen molar-refractivity contribution in [3.63, 3.8) is 0 Å². The van der Waals surface area contributed by atoms with Crippen LogP contribution in [0.15, 0.2) is 48.5 Å². The van der Waals surface area contributed by atoms with E-state index in [9.17, 15) is 4.79 Å². The Balaban J connectivity index is 1.65. The highest BCUT2D eigenvalue weighted by molar-refractivity contribution is 7.80. The Morgan fingerprint density at radius 1 is 1.26 bits per heavy atom. The Hall–Kier alpha value is -2.15. The summed E-state index contributed by atoms with van der Waals surface area (Å²) in [6.07, 6.45) is 0.806. The molecule has 2 N–H and O–H groups in total. The molecule has 0 aliphatic carbocycles. The van der Waals surface area contributed by atoms with Gasteiger partial charge in [0.25, 0.3) is 5.91 Å². The molecule has 0 saturated heterocycles. The molecule has 1 atom stereocenters. The Morgan fingerprint density at radius 3 is 2.70 bits per heavy atom. The highest BCUT2D eigenvalue weighted by Crippen LogP contribution is 2.37. The van der Waals surface area contributed by atoms with Crippen molar-refractivity contribution in [1.82, 2.24) is 10.6 Å². The summed E-state index contributed by atoms with van der Waals surface area (Å²) in [6, 6.07) is 15.7. The van der Waals surface area contributed by atoms with E-state index in [0.717, 1.165) is 22.3 Å². The summed E-state index contributed by atoms with van der Waals surface area (Å²) in [5.74, 6) is 0.406. The first-order valence-corrected chi connectivity index (χ1v) is 10.00. The highest BCUT2D eigenvalue weighted by atomic mass is 35.5. The molecule has 140 valence electrons. The molecule has 0 bridgehead atoms. The number of rotatable bonds is 5. The number of halogens is 1. The Kier molecular flexibility index (Phi) is 6.31. The van der Waals surface area contributed by atoms with Crippen LogP contribution in [0.4, 0.5) is 0 Å². The topological polar surface area (TPSA) is 50.4 Å². The minimum atomic E-state index is -0.315. The van der Waals surface area contributed by atoms with Crippen LogP contribution < -0.4 is 15.4 Å². The number of thiophene rings is 1. The van der Waals surface area contributed by atoms with Crippen molar-refractivity contribution < 1.29 is 9.53 Å². The van der Waals surface area contributed by atoms with E-state index >= 15 is 0 Å². The first-order valence-electron chi connectivity index (χ1n) is 8.39. The monoisotopic (exact) mass is 418 g/mol. The number of thiocarbonyl (C=S) groups is 1. The second kappa shape index (κ2) is 8.69. The maximum Gasteiger partial charge on any atom is 0.269 e. The van der Waals surface area contributed by atoms with Gasteiger partial charge in [0.1, 0.15) is 10.6 Å². The predicted octanol–water partition coefficient (Wildman–Crippen LogP) is 4.80. The average molecular weight is 419 g/mol. The zero-order valence-electron chi connectivity index (χ0n) is 14.9. The molecular weight excluding hydrogens is 400 g/mol. The van der Waals surface area contributed by atoms with Crippen molar-refractivity contribution >= 4 is 56.3 Å². The van der Waals surface area contributed by atoms with Gasteiger partial charge >= 0.3 is 0 Å². The lowest BCUT2D eigenvalue weighted by Gasteiger charge is -2.16. The summed E-state index contributed by atoms with van der Waals surface area (Å²) in [5.41, 5.74) is 1.20. The normalized spacial score (nSPS) is 11.8. The van der Waals surface area contributed by atoms with Gasteiger partial charge in [-0.3, -0.25) is 10.1 Å². The van der Waals surface area contributed by atoms with Crippen LogP contribution in [-0.2, 0) is 6.42 Å². The molecule has 1 aromatic heterocycles. The molecule has 0 aliphatic heterocycles. The lowest BCUT2D eigenvalue weighted by Crippen LogP contribution is -2.43. The first kappa shape index (κ1) is 19.6. The van der Waals surface area contributed by atoms with Crippen LogP contribution in [0.2, 0.25) is 5.02 Å². The van der Waals surface area contributed by atoms with Gasteiger partial charge in [-0.15, -0.1) is 11.3 Å². The minimum Gasteiger partial charge on any atom is -0.497 e. The standard InChI is InChI=1S/C20H19ClN2O2S2/c1-12(10-13-6-4-3-5-7-13)22-20(26)23-19(24)18-17(21)15-9-8-14(25-2)11-16(15)27-18/h3-9,11-12H,10H2,1-2H3,(H2,22,23,24,26). The molecular formula is C20H19ClN2O2S2. The van der Waals surface area contributed by atoms with Crippen LogP contribution in [0, 0.1) is 0 Å². The van der Waals surface area contributed by atoms with Crippen LogP contribution in [0.25, 0.3) is 10.1 Å². The summed E-state index contributed by atoms with van der Waals surface area (Å²) in [7, 11) is 1.60. The summed E-state index contributed by atoms with van der Waals surface area (Å²) < 4.78 is 6.11. The number of nitrogens with one attached hydrogen (secondary N) is 2. The zero-order valence-corrected chi connectivity index (χ0v) is 17.3. The largest absolute Gasteiger partial charge is 0.497 e. The average Bonchev–Trinajstić information content (AvgIpc) is 2.98. The molecule has 0 aliphatic rings. The zero-order chi connectivity index (χ0) is 19.4.